The zero-order chi connectivity index (χ0) is 33.0. The number of carbonyl (C=O) groups excluding carboxylic acids is 1. The molecular formula is C30H42F3N2O7PS. The number of hydrogen-bond acceptors (Lipinski definition) is 7. The van der Waals surface area contributed by atoms with Crippen molar-refractivity contribution >= 4 is 23.8 Å². The molecule has 1 amide bonds. The van der Waals surface area contributed by atoms with Crippen LogP contribution in [-0.2, 0) is 39.1 Å². The first-order chi connectivity index (χ1) is 20.2. The van der Waals surface area contributed by atoms with Crippen molar-refractivity contribution in [3.8, 4) is 0 Å². The maximum absolute atomic E-state index is 13.6. The van der Waals surface area contributed by atoms with Gasteiger partial charge < -0.3 is 5.32 Å². The molecule has 44 heavy (non-hydrogen) atoms. The Morgan fingerprint density at radius 3 is 1.89 bits per heavy atom. The van der Waals surface area contributed by atoms with E-state index in [1.54, 1.807) is 65.8 Å². The van der Waals surface area contributed by atoms with E-state index in [0.717, 1.165) is 29.8 Å². The lowest BCUT2D eigenvalue weighted by Gasteiger charge is -2.32. The number of halogens is 3. The third-order valence-electron chi connectivity index (χ3n) is 6.60. The summed E-state index contributed by atoms with van der Waals surface area (Å²) in [5.74, 6) is -0.689. The summed E-state index contributed by atoms with van der Waals surface area (Å²) >= 11 is 0. The fourth-order valence-corrected chi connectivity index (χ4v) is 7.81. The van der Waals surface area contributed by atoms with Crippen LogP contribution in [-0.4, -0.2) is 38.2 Å². The van der Waals surface area contributed by atoms with Crippen molar-refractivity contribution in [1.29, 1.82) is 0 Å². The molecule has 1 aliphatic carbocycles. The summed E-state index contributed by atoms with van der Waals surface area (Å²) in [6, 6.07) is 11.2. The molecule has 1 atom stereocenters. The van der Waals surface area contributed by atoms with Gasteiger partial charge in [0.1, 0.15) is 0 Å². The van der Waals surface area contributed by atoms with Crippen molar-refractivity contribution < 1.29 is 44.5 Å². The predicted octanol–water partition coefficient (Wildman–Crippen LogP) is 7.15. The highest BCUT2D eigenvalue weighted by Gasteiger charge is 2.39. The van der Waals surface area contributed by atoms with Gasteiger partial charge in [-0.25, -0.2) is 17.7 Å². The lowest BCUT2D eigenvalue weighted by Crippen LogP contribution is -2.42. The van der Waals surface area contributed by atoms with E-state index >= 15 is 0 Å². The molecule has 1 saturated carbocycles. The number of phosphoric acid groups is 1. The standard InChI is InChI=1S/C30H42F3N2O7PS/c1-28(2,3)41-43(37,42-29(4,5)6)40-20-26(21-10-8-7-9-11-21)34-27(36)22-12-16-24(17-13-22)35-44(38,39)25-18-14-23(15-19-25)30(31,32)33/h7-11,14-15,18-19,22,24,26,35H,12-13,16-17,20H2,1-6H3,(H,34,36)/t22?,24?,26-/m1/s1. The van der Waals surface area contributed by atoms with E-state index in [1.165, 1.54) is 0 Å². The molecule has 0 spiro atoms. The number of phosphoric ester groups is 1. The number of alkyl halides is 3. The van der Waals surface area contributed by atoms with E-state index in [9.17, 15) is 30.9 Å². The van der Waals surface area contributed by atoms with Gasteiger partial charge in [-0.1, -0.05) is 30.3 Å². The molecule has 1 fully saturated rings. The lowest BCUT2D eigenvalue weighted by molar-refractivity contribution is -0.137. The normalized spacial score (nSPS) is 19.4. The fraction of sp³-hybridized carbons (Fsp3) is 0.567. The molecule has 0 bridgehead atoms. The molecule has 2 aromatic carbocycles. The molecule has 0 heterocycles. The van der Waals surface area contributed by atoms with Gasteiger partial charge in [0.2, 0.25) is 15.9 Å². The Morgan fingerprint density at radius 2 is 1.41 bits per heavy atom. The highest BCUT2D eigenvalue weighted by Crippen LogP contribution is 2.55. The number of carbonyl (C=O) groups is 1. The van der Waals surface area contributed by atoms with Gasteiger partial charge in [0.15, 0.2) is 0 Å². The number of benzene rings is 2. The summed E-state index contributed by atoms with van der Waals surface area (Å²) in [7, 11) is -8.10. The second-order valence-electron chi connectivity index (χ2n) is 12.8. The smallest absolute Gasteiger partial charge is 0.347 e. The van der Waals surface area contributed by atoms with Crippen LogP contribution in [0.2, 0.25) is 0 Å². The summed E-state index contributed by atoms with van der Waals surface area (Å²) in [6.45, 7) is 10.2. The summed E-state index contributed by atoms with van der Waals surface area (Å²) in [5, 5.41) is 2.98. The molecule has 246 valence electrons. The topological polar surface area (TPSA) is 120 Å². The van der Waals surface area contributed by atoms with E-state index in [2.05, 4.69) is 10.0 Å². The molecule has 0 saturated heterocycles. The Labute approximate surface area is 257 Å². The van der Waals surface area contributed by atoms with Crippen LogP contribution >= 0.6 is 7.82 Å². The van der Waals surface area contributed by atoms with Crippen molar-refractivity contribution in [1.82, 2.24) is 10.0 Å². The summed E-state index contributed by atoms with van der Waals surface area (Å²) in [4.78, 5) is 13.1. The predicted molar refractivity (Wildman–Crippen MR) is 160 cm³/mol. The highest BCUT2D eigenvalue weighted by atomic mass is 32.2. The first-order valence-electron chi connectivity index (χ1n) is 14.4. The first-order valence-corrected chi connectivity index (χ1v) is 17.3. The Morgan fingerprint density at radius 1 is 0.886 bits per heavy atom. The summed E-state index contributed by atoms with van der Waals surface area (Å²) < 4.78 is 97.4. The van der Waals surface area contributed by atoms with Gasteiger partial charge in [-0.3, -0.25) is 18.4 Å². The Bertz CT molecular complexity index is 1380. The van der Waals surface area contributed by atoms with Crippen LogP contribution in [0.1, 0.15) is 84.4 Å². The fourth-order valence-electron chi connectivity index (χ4n) is 4.69. The molecule has 9 nitrogen and oxygen atoms in total. The Balaban J connectivity index is 1.64. The minimum atomic E-state index is -4.57. The molecule has 3 rings (SSSR count). The average molecular weight is 663 g/mol. The van der Waals surface area contributed by atoms with Crippen LogP contribution in [0.5, 0.6) is 0 Å². The number of hydrogen-bond donors (Lipinski definition) is 2. The van der Waals surface area contributed by atoms with Crippen molar-refractivity contribution in [3.05, 3.63) is 65.7 Å². The van der Waals surface area contributed by atoms with Crippen molar-refractivity contribution in [2.45, 2.75) is 102 Å². The molecule has 0 unspecified atom stereocenters. The van der Waals surface area contributed by atoms with Crippen molar-refractivity contribution in [2.75, 3.05) is 6.61 Å². The SMILES string of the molecule is CC(C)(C)OP(=O)(OC[C@@H](NC(=O)C1CCC(NS(=O)(=O)c2ccc(C(F)(F)F)cc2)CC1)c1ccccc1)OC(C)(C)C. The van der Waals surface area contributed by atoms with E-state index < -0.39 is 58.8 Å². The van der Waals surface area contributed by atoms with Gasteiger partial charge in [-0.05, 0) is 97.1 Å². The molecule has 2 N–H and O–H groups in total. The molecule has 0 aromatic heterocycles. The second-order valence-corrected chi connectivity index (χ2v) is 16.0. The molecular weight excluding hydrogens is 620 g/mol. The number of amides is 1. The van der Waals surface area contributed by atoms with E-state index in [-0.39, 0.29) is 17.4 Å². The van der Waals surface area contributed by atoms with Gasteiger partial charge >= 0.3 is 14.0 Å². The van der Waals surface area contributed by atoms with Crippen LogP contribution in [0.15, 0.2) is 59.5 Å². The highest BCUT2D eigenvalue weighted by molar-refractivity contribution is 7.89. The molecule has 1 aliphatic rings. The van der Waals surface area contributed by atoms with Gasteiger partial charge in [0.05, 0.1) is 34.3 Å². The van der Waals surface area contributed by atoms with Gasteiger partial charge in [-0.2, -0.15) is 13.2 Å². The molecule has 2 aromatic rings. The van der Waals surface area contributed by atoms with Crippen LogP contribution in [0.4, 0.5) is 13.2 Å². The largest absolute Gasteiger partial charge is 0.475 e. The minimum Gasteiger partial charge on any atom is -0.347 e. The maximum atomic E-state index is 13.6. The molecule has 0 aliphatic heterocycles. The maximum Gasteiger partial charge on any atom is 0.475 e. The van der Waals surface area contributed by atoms with Crippen molar-refractivity contribution in [2.24, 2.45) is 5.92 Å². The van der Waals surface area contributed by atoms with E-state index in [4.69, 9.17) is 13.6 Å². The number of sulfonamides is 1. The zero-order valence-corrected chi connectivity index (χ0v) is 27.5. The second kappa shape index (κ2) is 14.0. The molecule has 0 radical (unpaired) electrons. The summed E-state index contributed by atoms with van der Waals surface area (Å²) in [5.41, 5.74) is -1.89. The van der Waals surface area contributed by atoms with Gasteiger partial charge in [0.25, 0.3) is 0 Å². The number of rotatable bonds is 11. The van der Waals surface area contributed by atoms with E-state index in [0.29, 0.717) is 25.7 Å². The van der Waals surface area contributed by atoms with Gasteiger partial charge in [0, 0.05) is 12.0 Å². The van der Waals surface area contributed by atoms with Crippen LogP contribution in [0.3, 0.4) is 0 Å². The van der Waals surface area contributed by atoms with Crippen LogP contribution in [0, 0.1) is 5.92 Å². The third-order valence-corrected chi connectivity index (χ3v) is 10.1. The monoisotopic (exact) mass is 662 g/mol. The number of nitrogens with one attached hydrogen (secondary N) is 2. The minimum absolute atomic E-state index is 0.193. The van der Waals surface area contributed by atoms with Crippen LogP contribution < -0.4 is 10.0 Å². The third kappa shape index (κ3) is 11.3. The average Bonchev–Trinajstić information content (AvgIpc) is 2.89. The quantitative estimate of drug-likeness (QED) is 0.245. The Hall–Kier alpha value is -2.28. The van der Waals surface area contributed by atoms with E-state index in [1.807, 2.05) is 6.07 Å². The summed E-state index contributed by atoms with van der Waals surface area (Å²) in [6.07, 6.45) is -3.09. The van der Waals surface area contributed by atoms with Gasteiger partial charge in [-0.15, -0.1) is 0 Å². The first kappa shape index (κ1) is 36.2. The zero-order valence-electron chi connectivity index (χ0n) is 25.8. The van der Waals surface area contributed by atoms with Crippen LogP contribution in [0.25, 0.3) is 0 Å². The molecule has 14 heteroatoms. The Kier molecular flexibility index (Phi) is 11.5. The lowest BCUT2D eigenvalue weighted by atomic mass is 9.85. The van der Waals surface area contributed by atoms with Crippen molar-refractivity contribution in [3.63, 3.8) is 0 Å².